The number of nitrogens with zero attached hydrogens (tertiary/aromatic N) is 1. The molecule has 1 N–H and O–H groups in total. The molecule has 23 heavy (non-hydrogen) atoms. The molecule has 3 rings (SSSR count). The van der Waals surface area contributed by atoms with Gasteiger partial charge in [0.1, 0.15) is 11.5 Å². The van der Waals surface area contributed by atoms with Crippen molar-refractivity contribution in [2.45, 2.75) is 12.5 Å². The van der Waals surface area contributed by atoms with E-state index in [0.29, 0.717) is 0 Å². The van der Waals surface area contributed by atoms with Crippen LogP contribution in [-0.4, -0.2) is 17.6 Å². The highest BCUT2D eigenvalue weighted by Gasteiger charge is 2.19. The lowest BCUT2D eigenvalue weighted by molar-refractivity contribution is -0.116. The van der Waals surface area contributed by atoms with Crippen LogP contribution in [0, 0.1) is 0 Å². The van der Waals surface area contributed by atoms with E-state index in [4.69, 9.17) is 9.15 Å². The van der Waals surface area contributed by atoms with Gasteiger partial charge in [-0.05, 0) is 48.5 Å². The van der Waals surface area contributed by atoms with Gasteiger partial charge in [0.2, 0.25) is 5.91 Å². The molecule has 118 valence electrons. The maximum absolute atomic E-state index is 12.4. The molecule has 0 saturated heterocycles. The summed E-state index contributed by atoms with van der Waals surface area (Å²) in [5, 5.41) is 2.90. The van der Waals surface area contributed by atoms with Gasteiger partial charge in [-0.15, -0.1) is 0 Å². The summed E-state index contributed by atoms with van der Waals surface area (Å²) in [5.74, 6) is 1.43. The number of anilines is 1. The Labute approximate surface area is 134 Å². The summed E-state index contributed by atoms with van der Waals surface area (Å²) in [4.78, 5) is 12.4. The summed E-state index contributed by atoms with van der Waals surface area (Å²) in [7, 11) is 1.61. The second-order valence-corrected chi connectivity index (χ2v) is 5.14. The third kappa shape index (κ3) is 3.63. The lowest BCUT2D eigenvalue weighted by atomic mass is 10.1. The number of ether oxygens (including phenoxy) is 1. The number of aromatic nitrogens is 1. The summed E-state index contributed by atoms with van der Waals surface area (Å²) in [5.41, 5.74) is 0.738. The Bertz CT molecular complexity index is 697. The number of hydrogen-bond acceptors (Lipinski definition) is 3. The lowest BCUT2D eigenvalue weighted by Gasteiger charge is -2.16. The molecule has 0 spiro atoms. The van der Waals surface area contributed by atoms with Crippen molar-refractivity contribution in [2.24, 2.45) is 0 Å². The summed E-state index contributed by atoms with van der Waals surface area (Å²) in [6, 6.07) is 14.6. The summed E-state index contributed by atoms with van der Waals surface area (Å²) in [6.07, 6.45) is 5.75. The maximum atomic E-state index is 12.4. The van der Waals surface area contributed by atoms with Crippen molar-refractivity contribution in [3.05, 3.63) is 72.9 Å². The standard InChI is InChI=1S/C18H18N2O3/c1-22-15-8-6-14(7-9-15)19-18(21)13-16(17-5-4-12-23-17)20-10-2-3-11-20/h2-12,16H,13H2,1H3,(H,19,21). The minimum absolute atomic E-state index is 0.0785. The first-order chi connectivity index (χ1) is 11.3. The normalized spacial score (nSPS) is 11.9. The van der Waals surface area contributed by atoms with Gasteiger partial charge in [0.05, 0.1) is 25.8 Å². The first-order valence-electron chi connectivity index (χ1n) is 7.36. The van der Waals surface area contributed by atoms with Crippen LogP contribution in [0.5, 0.6) is 5.75 Å². The first-order valence-corrected chi connectivity index (χ1v) is 7.36. The van der Waals surface area contributed by atoms with Gasteiger partial charge in [-0.25, -0.2) is 0 Å². The molecule has 0 aliphatic rings. The molecule has 0 aliphatic heterocycles. The Balaban J connectivity index is 1.71. The smallest absolute Gasteiger partial charge is 0.226 e. The highest BCUT2D eigenvalue weighted by Crippen LogP contribution is 2.24. The highest BCUT2D eigenvalue weighted by molar-refractivity contribution is 5.91. The number of nitrogens with one attached hydrogen (secondary N) is 1. The van der Waals surface area contributed by atoms with Crippen molar-refractivity contribution in [1.82, 2.24) is 4.57 Å². The molecule has 0 fully saturated rings. The Morgan fingerprint density at radius 2 is 1.91 bits per heavy atom. The van der Waals surface area contributed by atoms with Gasteiger partial charge in [-0.3, -0.25) is 4.79 Å². The Morgan fingerprint density at radius 1 is 1.17 bits per heavy atom. The number of carbonyl (C=O) groups excluding carboxylic acids is 1. The fraction of sp³-hybridized carbons (Fsp3) is 0.167. The largest absolute Gasteiger partial charge is 0.497 e. The molecule has 1 aromatic carbocycles. The molecular formula is C18H18N2O3. The van der Waals surface area contributed by atoms with Crippen LogP contribution in [0.1, 0.15) is 18.2 Å². The van der Waals surface area contributed by atoms with Gasteiger partial charge in [0.15, 0.2) is 0 Å². The number of amides is 1. The highest BCUT2D eigenvalue weighted by atomic mass is 16.5. The summed E-state index contributed by atoms with van der Waals surface area (Å²) >= 11 is 0. The lowest BCUT2D eigenvalue weighted by Crippen LogP contribution is -2.19. The number of furan rings is 1. The topological polar surface area (TPSA) is 56.4 Å². The minimum Gasteiger partial charge on any atom is -0.497 e. The van der Waals surface area contributed by atoms with Crippen LogP contribution in [-0.2, 0) is 4.79 Å². The zero-order valence-electron chi connectivity index (χ0n) is 12.8. The van der Waals surface area contributed by atoms with E-state index in [1.807, 2.05) is 65.5 Å². The van der Waals surface area contributed by atoms with Gasteiger partial charge >= 0.3 is 0 Å². The fourth-order valence-corrected chi connectivity index (χ4v) is 2.45. The summed E-state index contributed by atoms with van der Waals surface area (Å²) in [6.45, 7) is 0. The van der Waals surface area contributed by atoms with Crippen LogP contribution in [0.2, 0.25) is 0 Å². The third-order valence-corrected chi connectivity index (χ3v) is 3.61. The quantitative estimate of drug-likeness (QED) is 0.755. The van der Waals surface area contributed by atoms with E-state index in [2.05, 4.69) is 5.32 Å². The van der Waals surface area contributed by atoms with Crippen LogP contribution >= 0.6 is 0 Å². The van der Waals surface area contributed by atoms with Crippen molar-refractivity contribution in [3.8, 4) is 5.75 Å². The maximum Gasteiger partial charge on any atom is 0.226 e. The Morgan fingerprint density at radius 3 is 2.52 bits per heavy atom. The average molecular weight is 310 g/mol. The molecule has 2 heterocycles. The second kappa shape index (κ2) is 6.87. The van der Waals surface area contributed by atoms with Gasteiger partial charge in [0.25, 0.3) is 0 Å². The number of hydrogen-bond donors (Lipinski definition) is 1. The molecule has 5 nitrogen and oxygen atoms in total. The van der Waals surface area contributed by atoms with Gasteiger partial charge in [0, 0.05) is 18.1 Å². The predicted molar refractivity (Wildman–Crippen MR) is 87.5 cm³/mol. The van der Waals surface area contributed by atoms with Crippen molar-refractivity contribution < 1.29 is 13.9 Å². The fourth-order valence-electron chi connectivity index (χ4n) is 2.45. The van der Waals surface area contributed by atoms with E-state index in [9.17, 15) is 4.79 Å². The monoisotopic (exact) mass is 310 g/mol. The molecule has 2 aromatic heterocycles. The van der Waals surface area contributed by atoms with E-state index in [1.165, 1.54) is 0 Å². The number of benzene rings is 1. The van der Waals surface area contributed by atoms with Crippen LogP contribution in [0.25, 0.3) is 0 Å². The SMILES string of the molecule is COc1ccc(NC(=O)CC(c2ccco2)n2cccc2)cc1. The molecule has 1 unspecified atom stereocenters. The Hall–Kier alpha value is -2.95. The van der Waals surface area contributed by atoms with Gasteiger partial charge < -0.3 is 19.0 Å². The van der Waals surface area contributed by atoms with E-state index in [-0.39, 0.29) is 18.4 Å². The molecule has 1 amide bonds. The van der Waals surface area contributed by atoms with Crippen LogP contribution in [0.4, 0.5) is 5.69 Å². The summed E-state index contributed by atoms with van der Waals surface area (Å²) < 4.78 is 12.6. The first kappa shape index (κ1) is 15.0. The predicted octanol–water partition coefficient (Wildman–Crippen LogP) is 3.71. The van der Waals surface area contributed by atoms with E-state index >= 15 is 0 Å². The van der Waals surface area contributed by atoms with Crippen LogP contribution in [0.15, 0.2) is 71.6 Å². The molecule has 0 radical (unpaired) electrons. The van der Waals surface area contributed by atoms with E-state index in [0.717, 1.165) is 17.2 Å². The molecular weight excluding hydrogens is 292 g/mol. The van der Waals surface area contributed by atoms with Crippen molar-refractivity contribution >= 4 is 11.6 Å². The molecule has 1 atom stereocenters. The van der Waals surface area contributed by atoms with Crippen LogP contribution < -0.4 is 10.1 Å². The zero-order chi connectivity index (χ0) is 16.1. The molecule has 5 heteroatoms. The van der Waals surface area contributed by atoms with E-state index in [1.54, 1.807) is 13.4 Å². The Kier molecular flexibility index (Phi) is 4.47. The van der Waals surface area contributed by atoms with Crippen molar-refractivity contribution in [1.29, 1.82) is 0 Å². The van der Waals surface area contributed by atoms with Gasteiger partial charge in [-0.2, -0.15) is 0 Å². The molecule has 0 aliphatic carbocycles. The van der Waals surface area contributed by atoms with Gasteiger partial charge in [-0.1, -0.05) is 0 Å². The van der Waals surface area contributed by atoms with Crippen LogP contribution in [0.3, 0.4) is 0 Å². The number of carbonyl (C=O) groups is 1. The molecule has 3 aromatic rings. The van der Waals surface area contributed by atoms with Crippen molar-refractivity contribution in [3.63, 3.8) is 0 Å². The number of rotatable bonds is 6. The second-order valence-electron chi connectivity index (χ2n) is 5.14. The van der Waals surface area contributed by atoms with E-state index < -0.39 is 0 Å². The molecule has 0 bridgehead atoms. The zero-order valence-corrected chi connectivity index (χ0v) is 12.8. The molecule has 0 saturated carbocycles. The number of methoxy groups -OCH3 is 1. The average Bonchev–Trinajstić information content (AvgIpc) is 3.27. The minimum atomic E-state index is -0.168. The third-order valence-electron chi connectivity index (χ3n) is 3.61. The van der Waals surface area contributed by atoms with Crippen molar-refractivity contribution in [2.75, 3.05) is 12.4 Å².